The summed E-state index contributed by atoms with van der Waals surface area (Å²) in [6, 6.07) is 5.78. The molecule has 2 rings (SSSR count). The number of nitrogens with one attached hydrogen (secondary N) is 1. The van der Waals surface area contributed by atoms with Crippen LogP contribution in [0.15, 0.2) is 24.4 Å². The van der Waals surface area contributed by atoms with Crippen molar-refractivity contribution in [3.8, 4) is 0 Å². The van der Waals surface area contributed by atoms with Crippen molar-refractivity contribution in [2.45, 2.75) is 6.92 Å². The third-order valence-corrected chi connectivity index (χ3v) is 2.42. The zero-order chi connectivity index (χ0) is 10.3. The van der Waals surface area contributed by atoms with E-state index in [0.29, 0.717) is 5.71 Å². The molecule has 0 saturated carbocycles. The molecule has 0 atom stereocenters. The van der Waals surface area contributed by atoms with Crippen LogP contribution < -0.4 is 5.73 Å². The minimum absolute atomic E-state index is 0.571. The van der Waals surface area contributed by atoms with Crippen molar-refractivity contribution in [2.75, 3.05) is 5.73 Å². The van der Waals surface area contributed by atoms with Crippen LogP contribution in [0, 0.1) is 5.41 Å². The zero-order valence-corrected chi connectivity index (χ0v) is 8.33. The Morgan fingerprint density at radius 3 is 2.79 bits per heavy atom. The molecular formula is C11H13N3. The lowest BCUT2D eigenvalue weighted by atomic mass is 10.1. The maximum atomic E-state index is 7.65. The van der Waals surface area contributed by atoms with Crippen molar-refractivity contribution in [3.05, 3.63) is 30.0 Å². The first-order valence-electron chi connectivity index (χ1n) is 4.49. The van der Waals surface area contributed by atoms with Gasteiger partial charge in [-0.25, -0.2) is 0 Å². The van der Waals surface area contributed by atoms with Gasteiger partial charge in [0, 0.05) is 41.1 Å². The molecule has 14 heavy (non-hydrogen) atoms. The molecule has 0 spiro atoms. The van der Waals surface area contributed by atoms with Gasteiger partial charge in [0.25, 0.3) is 0 Å². The van der Waals surface area contributed by atoms with Crippen LogP contribution in [0.2, 0.25) is 0 Å². The summed E-state index contributed by atoms with van der Waals surface area (Å²) < 4.78 is 2.02. The highest BCUT2D eigenvalue weighted by Crippen LogP contribution is 2.23. The van der Waals surface area contributed by atoms with Crippen molar-refractivity contribution >= 4 is 22.3 Å². The number of nitrogens with zero attached hydrogens (tertiary/aromatic N) is 1. The van der Waals surface area contributed by atoms with Crippen molar-refractivity contribution in [3.63, 3.8) is 0 Å². The SMILES string of the molecule is CC(=N)c1cn(C)c2ccc(N)cc12. The van der Waals surface area contributed by atoms with E-state index in [1.807, 2.05) is 36.0 Å². The Bertz CT molecular complexity index is 508. The van der Waals surface area contributed by atoms with E-state index in [4.69, 9.17) is 11.1 Å². The second-order valence-corrected chi connectivity index (χ2v) is 3.56. The molecule has 1 aromatic carbocycles. The number of rotatable bonds is 1. The highest BCUT2D eigenvalue weighted by Gasteiger charge is 2.07. The molecule has 1 aromatic heterocycles. The van der Waals surface area contributed by atoms with Crippen LogP contribution in [0.1, 0.15) is 12.5 Å². The van der Waals surface area contributed by atoms with Gasteiger partial charge in [0.15, 0.2) is 0 Å². The minimum Gasteiger partial charge on any atom is -0.399 e. The van der Waals surface area contributed by atoms with Crippen molar-refractivity contribution < 1.29 is 0 Å². The van der Waals surface area contributed by atoms with Gasteiger partial charge in [-0.15, -0.1) is 0 Å². The molecule has 72 valence electrons. The van der Waals surface area contributed by atoms with Gasteiger partial charge in [-0.1, -0.05) is 0 Å². The zero-order valence-electron chi connectivity index (χ0n) is 8.33. The number of hydrogen-bond donors (Lipinski definition) is 2. The van der Waals surface area contributed by atoms with E-state index in [9.17, 15) is 0 Å². The smallest absolute Gasteiger partial charge is 0.0486 e. The average molecular weight is 187 g/mol. The Morgan fingerprint density at radius 1 is 1.43 bits per heavy atom. The Kier molecular flexibility index (Phi) is 1.81. The van der Waals surface area contributed by atoms with Crippen LogP contribution in [-0.2, 0) is 7.05 Å². The second kappa shape index (κ2) is 2.87. The number of fused-ring (bicyclic) bond motifs is 1. The maximum Gasteiger partial charge on any atom is 0.0486 e. The van der Waals surface area contributed by atoms with E-state index in [0.717, 1.165) is 22.2 Å². The quantitative estimate of drug-likeness (QED) is 0.521. The number of aromatic nitrogens is 1. The van der Waals surface area contributed by atoms with E-state index in [2.05, 4.69) is 0 Å². The van der Waals surface area contributed by atoms with Crippen molar-refractivity contribution in [1.29, 1.82) is 5.41 Å². The molecule has 0 aliphatic carbocycles. The van der Waals surface area contributed by atoms with Crippen LogP contribution in [0.25, 0.3) is 10.9 Å². The first kappa shape index (κ1) is 8.81. The van der Waals surface area contributed by atoms with E-state index >= 15 is 0 Å². The molecule has 0 bridgehead atoms. The summed E-state index contributed by atoms with van der Waals surface area (Å²) in [5, 5.41) is 8.70. The first-order chi connectivity index (χ1) is 6.59. The third kappa shape index (κ3) is 1.18. The fraction of sp³-hybridized carbons (Fsp3) is 0.182. The third-order valence-electron chi connectivity index (χ3n) is 2.42. The maximum absolute atomic E-state index is 7.65. The number of aryl methyl sites for hydroxylation is 1. The molecule has 3 nitrogen and oxygen atoms in total. The van der Waals surface area contributed by atoms with Gasteiger partial charge in [0.05, 0.1) is 0 Å². The molecule has 0 aliphatic rings. The Hall–Kier alpha value is -1.77. The number of anilines is 1. The fourth-order valence-corrected chi connectivity index (χ4v) is 1.71. The summed E-state index contributed by atoms with van der Waals surface area (Å²) in [6.07, 6.45) is 1.96. The molecule has 0 saturated heterocycles. The van der Waals surface area contributed by atoms with Gasteiger partial charge < -0.3 is 15.7 Å². The molecule has 0 unspecified atom stereocenters. The summed E-state index contributed by atoms with van der Waals surface area (Å²) >= 11 is 0. The molecule has 0 aliphatic heterocycles. The second-order valence-electron chi connectivity index (χ2n) is 3.56. The fourth-order valence-electron chi connectivity index (χ4n) is 1.71. The molecule has 0 amide bonds. The average Bonchev–Trinajstić information content (AvgIpc) is 2.43. The van der Waals surface area contributed by atoms with Gasteiger partial charge in [-0.05, 0) is 25.1 Å². The van der Waals surface area contributed by atoms with Crippen LogP contribution in [0.3, 0.4) is 0 Å². The van der Waals surface area contributed by atoms with Crippen LogP contribution in [0.5, 0.6) is 0 Å². The molecule has 2 aromatic rings. The number of nitrogen functional groups attached to an aromatic ring is 1. The van der Waals surface area contributed by atoms with Gasteiger partial charge in [0.1, 0.15) is 0 Å². The molecule has 3 N–H and O–H groups in total. The lowest BCUT2D eigenvalue weighted by molar-refractivity contribution is 0.967. The molecular weight excluding hydrogens is 174 g/mol. The van der Waals surface area contributed by atoms with Gasteiger partial charge in [0.2, 0.25) is 0 Å². The molecule has 0 radical (unpaired) electrons. The Morgan fingerprint density at radius 2 is 2.14 bits per heavy atom. The summed E-state index contributed by atoms with van der Waals surface area (Å²) in [4.78, 5) is 0. The summed E-state index contributed by atoms with van der Waals surface area (Å²) in [5.74, 6) is 0. The highest BCUT2D eigenvalue weighted by atomic mass is 14.9. The van der Waals surface area contributed by atoms with Gasteiger partial charge in [-0.3, -0.25) is 0 Å². The monoisotopic (exact) mass is 187 g/mol. The van der Waals surface area contributed by atoms with Crippen LogP contribution >= 0.6 is 0 Å². The van der Waals surface area contributed by atoms with E-state index in [1.165, 1.54) is 0 Å². The van der Waals surface area contributed by atoms with E-state index < -0.39 is 0 Å². The number of hydrogen-bond acceptors (Lipinski definition) is 2. The molecule has 3 heteroatoms. The predicted molar refractivity (Wildman–Crippen MR) is 59.8 cm³/mol. The standard InChI is InChI=1S/C11H13N3/c1-7(12)10-6-14(2)11-4-3-8(13)5-9(10)11/h3-6,12H,13H2,1-2H3. The minimum atomic E-state index is 0.571. The van der Waals surface area contributed by atoms with E-state index in [-0.39, 0.29) is 0 Å². The highest BCUT2D eigenvalue weighted by molar-refractivity contribution is 6.08. The van der Waals surface area contributed by atoms with E-state index in [1.54, 1.807) is 6.92 Å². The van der Waals surface area contributed by atoms with Gasteiger partial charge >= 0.3 is 0 Å². The first-order valence-corrected chi connectivity index (χ1v) is 4.49. The number of nitrogens with two attached hydrogens (primary N) is 1. The Balaban J connectivity index is 2.85. The molecule has 1 heterocycles. The largest absolute Gasteiger partial charge is 0.399 e. The number of benzene rings is 1. The topological polar surface area (TPSA) is 54.8 Å². The lowest BCUT2D eigenvalue weighted by Crippen LogP contribution is -1.90. The van der Waals surface area contributed by atoms with Crippen LogP contribution in [-0.4, -0.2) is 10.3 Å². The summed E-state index contributed by atoms with van der Waals surface area (Å²) in [5.41, 5.74) is 9.10. The normalized spacial score (nSPS) is 10.7. The van der Waals surface area contributed by atoms with Crippen LogP contribution in [0.4, 0.5) is 5.69 Å². The summed E-state index contributed by atoms with van der Waals surface area (Å²) in [7, 11) is 1.98. The van der Waals surface area contributed by atoms with Gasteiger partial charge in [-0.2, -0.15) is 0 Å². The lowest BCUT2D eigenvalue weighted by Gasteiger charge is -1.97. The summed E-state index contributed by atoms with van der Waals surface area (Å²) in [6.45, 7) is 1.79. The van der Waals surface area contributed by atoms with Crippen molar-refractivity contribution in [1.82, 2.24) is 4.57 Å². The Labute approximate surface area is 82.7 Å². The predicted octanol–water partition coefficient (Wildman–Crippen LogP) is 2.15. The van der Waals surface area contributed by atoms with Crippen molar-refractivity contribution in [2.24, 2.45) is 7.05 Å². The molecule has 0 fully saturated rings.